The normalized spacial score (nSPS) is 23.3. The fraction of sp³-hybridized carbons (Fsp3) is 0.667. The van der Waals surface area contributed by atoms with Crippen molar-refractivity contribution < 1.29 is 27.6 Å². The zero-order chi connectivity index (χ0) is 20.1. The Labute approximate surface area is 161 Å². The third-order valence-electron chi connectivity index (χ3n) is 5.86. The molecule has 2 fully saturated rings. The van der Waals surface area contributed by atoms with Crippen LogP contribution in [-0.4, -0.2) is 58.2 Å². The van der Waals surface area contributed by atoms with E-state index in [1.807, 2.05) is 34.6 Å². The minimum Gasteiger partial charge on any atom is -0.399 e. The molecule has 150 valence electrons. The van der Waals surface area contributed by atoms with Crippen molar-refractivity contribution in [1.29, 1.82) is 0 Å². The van der Waals surface area contributed by atoms with Crippen LogP contribution in [0.15, 0.2) is 23.1 Å². The number of aryl methyl sites for hydroxylation is 1. The molecular formula is C18H28BNO6S. The molecule has 2 heterocycles. The van der Waals surface area contributed by atoms with Gasteiger partial charge in [-0.05, 0) is 52.2 Å². The summed E-state index contributed by atoms with van der Waals surface area (Å²) in [6.07, 6.45) is 0. The zero-order valence-corrected chi connectivity index (χ0v) is 17.4. The minimum absolute atomic E-state index is 0.122. The Morgan fingerprint density at radius 3 is 2.22 bits per heavy atom. The Bertz CT molecular complexity index is 798. The summed E-state index contributed by atoms with van der Waals surface area (Å²) in [6, 6.07) is 4.92. The van der Waals surface area contributed by atoms with E-state index in [9.17, 15) is 13.5 Å². The minimum atomic E-state index is -3.73. The number of hydrogen-bond acceptors (Lipinski definition) is 6. The Balaban J connectivity index is 1.83. The molecule has 1 aromatic carbocycles. The number of aliphatic hydroxyl groups excluding tert-OH is 1. The van der Waals surface area contributed by atoms with Crippen LogP contribution in [-0.2, 0) is 24.1 Å². The van der Waals surface area contributed by atoms with Gasteiger partial charge in [-0.1, -0.05) is 11.6 Å². The number of ether oxygens (including phenoxy) is 1. The fourth-order valence-electron chi connectivity index (χ4n) is 2.98. The van der Waals surface area contributed by atoms with Crippen LogP contribution in [0.2, 0.25) is 0 Å². The van der Waals surface area contributed by atoms with E-state index in [4.69, 9.17) is 14.0 Å². The van der Waals surface area contributed by atoms with Crippen molar-refractivity contribution >= 4 is 22.6 Å². The number of rotatable bonds is 6. The lowest BCUT2D eigenvalue weighted by atomic mass is 9.76. The van der Waals surface area contributed by atoms with Gasteiger partial charge in [0.05, 0.1) is 41.3 Å². The number of sulfonamides is 1. The molecule has 0 bridgehead atoms. The number of nitrogens with one attached hydrogen (secondary N) is 1. The van der Waals surface area contributed by atoms with Crippen molar-refractivity contribution in [2.24, 2.45) is 5.41 Å². The molecule has 0 unspecified atom stereocenters. The van der Waals surface area contributed by atoms with Gasteiger partial charge < -0.3 is 19.2 Å². The Hall–Kier alpha value is -0.965. The van der Waals surface area contributed by atoms with Gasteiger partial charge in [0, 0.05) is 6.54 Å². The number of benzene rings is 1. The molecular weight excluding hydrogens is 369 g/mol. The standard InChI is InChI=1S/C18H28BNO6S/c1-13-6-7-14(27(22,23)20-9-18(10-21)11-24-12-18)8-15(13)19-25-16(2,3)17(4,5)26-19/h6-8,20-21H,9-12H2,1-5H3. The fourth-order valence-corrected chi connectivity index (χ4v) is 4.17. The lowest BCUT2D eigenvalue weighted by molar-refractivity contribution is -0.132. The van der Waals surface area contributed by atoms with Gasteiger partial charge in [0.25, 0.3) is 0 Å². The maximum atomic E-state index is 12.8. The largest absolute Gasteiger partial charge is 0.495 e. The van der Waals surface area contributed by atoms with Gasteiger partial charge in [-0.2, -0.15) is 0 Å². The van der Waals surface area contributed by atoms with Crippen molar-refractivity contribution in [3.63, 3.8) is 0 Å². The molecule has 27 heavy (non-hydrogen) atoms. The summed E-state index contributed by atoms with van der Waals surface area (Å²) in [7, 11) is -4.36. The quantitative estimate of drug-likeness (QED) is 0.683. The molecule has 0 saturated carbocycles. The van der Waals surface area contributed by atoms with E-state index in [1.54, 1.807) is 18.2 Å². The SMILES string of the molecule is Cc1ccc(S(=O)(=O)NCC2(CO)COC2)cc1B1OC(C)(C)C(C)(C)O1. The van der Waals surface area contributed by atoms with Gasteiger partial charge in [0.1, 0.15) is 0 Å². The summed E-state index contributed by atoms with van der Waals surface area (Å²) in [5.41, 5.74) is 0.0445. The second kappa shape index (κ2) is 6.82. The van der Waals surface area contributed by atoms with Crippen LogP contribution in [0.3, 0.4) is 0 Å². The van der Waals surface area contributed by atoms with Gasteiger partial charge in [-0.3, -0.25) is 0 Å². The van der Waals surface area contributed by atoms with Gasteiger partial charge in [0.15, 0.2) is 0 Å². The highest BCUT2D eigenvalue weighted by Crippen LogP contribution is 2.36. The van der Waals surface area contributed by atoms with Crippen molar-refractivity contribution in [3.05, 3.63) is 23.8 Å². The number of hydrogen-bond donors (Lipinski definition) is 2. The monoisotopic (exact) mass is 397 g/mol. The van der Waals surface area contributed by atoms with Crippen LogP contribution in [0.1, 0.15) is 33.3 Å². The van der Waals surface area contributed by atoms with E-state index in [1.165, 1.54) is 0 Å². The van der Waals surface area contributed by atoms with Crippen LogP contribution in [0, 0.1) is 12.3 Å². The molecule has 0 atom stereocenters. The van der Waals surface area contributed by atoms with Crippen LogP contribution < -0.4 is 10.2 Å². The Morgan fingerprint density at radius 2 is 1.74 bits per heavy atom. The van der Waals surface area contributed by atoms with Crippen molar-refractivity contribution in [2.75, 3.05) is 26.4 Å². The lowest BCUT2D eigenvalue weighted by Gasteiger charge is -2.39. The van der Waals surface area contributed by atoms with E-state index >= 15 is 0 Å². The van der Waals surface area contributed by atoms with Crippen LogP contribution in [0.5, 0.6) is 0 Å². The summed E-state index contributed by atoms with van der Waals surface area (Å²) in [4.78, 5) is 0.145. The van der Waals surface area contributed by atoms with E-state index in [0.29, 0.717) is 18.7 Å². The molecule has 1 aromatic rings. The summed E-state index contributed by atoms with van der Waals surface area (Å²) < 4.78 is 45.3. The van der Waals surface area contributed by atoms with Crippen LogP contribution in [0.4, 0.5) is 0 Å². The van der Waals surface area contributed by atoms with Gasteiger partial charge >= 0.3 is 7.12 Å². The third-order valence-corrected chi connectivity index (χ3v) is 7.26. The summed E-state index contributed by atoms with van der Waals surface area (Å²) in [5.74, 6) is 0. The average Bonchev–Trinajstić information content (AvgIpc) is 2.74. The first-order valence-corrected chi connectivity index (χ1v) is 10.5. The molecule has 0 spiro atoms. The average molecular weight is 397 g/mol. The van der Waals surface area contributed by atoms with Gasteiger partial charge in [-0.15, -0.1) is 0 Å². The summed E-state index contributed by atoms with van der Waals surface area (Å²) in [5, 5.41) is 9.48. The summed E-state index contributed by atoms with van der Waals surface area (Å²) >= 11 is 0. The molecule has 2 aliphatic rings. The van der Waals surface area contributed by atoms with E-state index in [-0.39, 0.29) is 18.0 Å². The zero-order valence-electron chi connectivity index (χ0n) is 16.5. The Morgan fingerprint density at radius 1 is 1.15 bits per heavy atom. The maximum absolute atomic E-state index is 12.8. The topological polar surface area (TPSA) is 94.1 Å². The summed E-state index contributed by atoms with van der Waals surface area (Å²) in [6.45, 7) is 10.4. The van der Waals surface area contributed by atoms with Crippen molar-refractivity contribution in [3.8, 4) is 0 Å². The molecule has 2 saturated heterocycles. The van der Waals surface area contributed by atoms with Crippen LogP contribution in [0.25, 0.3) is 0 Å². The highest BCUT2D eigenvalue weighted by molar-refractivity contribution is 7.89. The van der Waals surface area contributed by atoms with Gasteiger partial charge in [0.2, 0.25) is 10.0 Å². The highest BCUT2D eigenvalue weighted by atomic mass is 32.2. The number of aliphatic hydroxyl groups is 1. The molecule has 7 nitrogen and oxygen atoms in total. The first-order chi connectivity index (χ1) is 12.4. The molecule has 9 heteroatoms. The molecule has 2 aliphatic heterocycles. The highest BCUT2D eigenvalue weighted by Gasteiger charge is 2.52. The second-order valence-electron chi connectivity index (χ2n) is 8.58. The molecule has 0 amide bonds. The molecule has 0 aliphatic carbocycles. The third kappa shape index (κ3) is 3.81. The molecule has 0 radical (unpaired) electrons. The van der Waals surface area contributed by atoms with E-state index < -0.39 is 33.8 Å². The van der Waals surface area contributed by atoms with Crippen LogP contribution >= 0.6 is 0 Å². The predicted octanol–water partition coefficient (Wildman–Crippen LogP) is 0.581. The van der Waals surface area contributed by atoms with E-state index in [2.05, 4.69) is 4.72 Å². The van der Waals surface area contributed by atoms with Gasteiger partial charge in [-0.25, -0.2) is 13.1 Å². The molecule has 0 aromatic heterocycles. The smallest absolute Gasteiger partial charge is 0.399 e. The Kier molecular flexibility index (Phi) is 5.25. The molecule has 3 rings (SSSR count). The second-order valence-corrected chi connectivity index (χ2v) is 10.3. The lowest BCUT2D eigenvalue weighted by Crippen LogP contribution is -2.53. The van der Waals surface area contributed by atoms with E-state index in [0.717, 1.165) is 5.56 Å². The van der Waals surface area contributed by atoms with Crippen molar-refractivity contribution in [2.45, 2.75) is 50.7 Å². The first-order valence-electron chi connectivity index (χ1n) is 9.06. The predicted molar refractivity (Wildman–Crippen MR) is 102 cm³/mol. The first kappa shape index (κ1) is 20.8. The molecule has 2 N–H and O–H groups in total. The maximum Gasteiger partial charge on any atom is 0.495 e. The van der Waals surface area contributed by atoms with Crippen molar-refractivity contribution in [1.82, 2.24) is 4.72 Å².